The van der Waals surface area contributed by atoms with Crippen LogP contribution in [0, 0.1) is 11.2 Å². The normalized spacial score (nSPS) is 23.3. The van der Waals surface area contributed by atoms with E-state index in [4.69, 9.17) is 4.74 Å². The van der Waals surface area contributed by atoms with E-state index in [0.717, 1.165) is 27.8 Å². The Morgan fingerprint density at radius 2 is 1.87 bits per heavy atom. The van der Waals surface area contributed by atoms with E-state index in [1.807, 2.05) is 24.3 Å². The number of cyclic esters (lactones) is 1. The van der Waals surface area contributed by atoms with Crippen molar-refractivity contribution in [2.75, 3.05) is 0 Å². The number of hydrogen-bond acceptors (Lipinski definition) is 3. The lowest BCUT2D eigenvalue weighted by Gasteiger charge is -2.27. The van der Waals surface area contributed by atoms with Gasteiger partial charge in [-0.15, -0.1) is 0 Å². The molecule has 4 heteroatoms. The van der Waals surface area contributed by atoms with Crippen LogP contribution < -0.4 is 0 Å². The van der Waals surface area contributed by atoms with Crippen molar-refractivity contribution >= 4 is 17.6 Å². The van der Waals surface area contributed by atoms with E-state index in [1.165, 1.54) is 12.1 Å². The molecule has 30 heavy (non-hydrogen) atoms. The maximum Gasteiger partial charge on any atom is 0.309 e. The van der Waals surface area contributed by atoms with Crippen LogP contribution in [0.4, 0.5) is 4.39 Å². The SMILES string of the molecule is CC1(C)C=Cc2ccccc2C(c2ccc(F)cc2)=C1C=CC1CC(O)CC(=O)O1. The number of carbonyl (C=O) groups is 1. The number of carbonyl (C=O) groups excluding carboxylic acids is 1. The highest BCUT2D eigenvalue weighted by Gasteiger charge is 2.29. The number of esters is 1. The van der Waals surface area contributed by atoms with Gasteiger partial charge in [0.15, 0.2) is 0 Å². The lowest BCUT2D eigenvalue weighted by molar-refractivity contribution is -0.156. The van der Waals surface area contributed by atoms with Gasteiger partial charge in [-0.2, -0.15) is 0 Å². The molecule has 1 aliphatic heterocycles. The van der Waals surface area contributed by atoms with Crippen molar-refractivity contribution in [3.63, 3.8) is 0 Å². The lowest BCUT2D eigenvalue weighted by atomic mass is 9.78. The van der Waals surface area contributed by atoms with Crippen molar-refractivity contribution in [3.05, 3.63) is 94.8 Å². The standard InChI is InChI=1S/C26H25FO3/c1-26(2)14-13-17-5-3-4-6-22(17)25(18-7-9-19(27)10-8-18)23(26)12-11-21-15-20(28)16-24(29)30-21/h3-14,20-21,28H,15-16H2,1-2H3. The molecule has 4 rings (SSSR count). The predicted octanol–water partition coefficient (Wildman–Crippen LogP) is 5.30. The number of ether oxygens (including phenoxy) is 1. The first-order valence-corrected chi connectivity index (χ1v) is 10.2. The highest BCUT2D eigenvalue weighted by Crippen LogP contribution is 2.43. The molecule has 2 atom stereocenters. The average Bonchev–Trinajstić information content (AvgIpc) is 2.81. The van der Waals surface area contributed by atoms with Gasteiger partial charge in [0.05, 0.1) is 12.5 Å². The van der Waals surface area contributed by atoms with Crippen molar-refractivity contribution in [1.29, 1.82) is 0 Å². The molecule has 1 heterocycles. The van der Waals surface area contributed by atoms with Crippen molar-refractivity contribution in [1.82, 2.24) is 0 Å². The maximum absolute atomic E-state index is 13.6. The zero-order chi connectivity index (χ0) is 21.3. The molecular weight excluding hydrogens is 379 g/mol. The molecule has 0 radical (unpaired) electrons. The molecule has 0 saturated carbocycles. The fourth-order valence-electron chi connectivity index (χ4n) is 4.08. The van der Waals surface area contributed by atoms with Crippen LogP contribution in [0.3, 0.4) is 0 Å². The molecule has 0 amide bonds. The van der Waals surface area contributed by atoms with Crippen LogP contribution in [-0.2, 0) is 9.53 Å². The minimum absolute atomic E-state index is 0.0372. The number of hydrogen-bond donors (Lipinski definition) is 1. The molecule has 0 spiro atoms. The molecule has 0 bridgehead atoms. The topological polar surface area (TPSA) is 46.5 Å². The summed E-state index contributed by atoms with van der Waals surface area (Å²) in [6.07, 6.45) is 7.37. The van der Waals surface area contributed by atoms with Gasteiger partial charge in [-0.05, 0) is 46.0 Å². The predicted molar refractivity (Wildman–Crippen MR) is 116 cm³/mol. The molecule has 2 aromatic carbocycles. The molecule has 1 fully saturated rings. The van der Waals surface area contributed by atoms with Crippen molar-refractivity contribution in [3.8, 4) is 0 Å². The van der Waals surface area contributed by atoms with Crippen LogP contribution in [0.1, 0.15) is 43.4 Å². The smallest absolute Gasteiger partial charge is 0.309 e. The third kappa shape index (κ3) is 4.14. The minimum Gasteiger partial charge on any atom is -0.458 e. The van der Waals surface area contributed by atoms with Gasteiger partial charge < -0.3 is 9.84 Å². The van der Waals surface area contributed by atoms with E-state index in [9.17, 15) is 14.3 Å². The summed E-state index contributed by atoms with van der Waals surface area (Å²) >= 11 is 0. The Kier molecular flexibility index (Phi) is 5.44. The Morgan fingerprint density at radius 3 is 2.60 bits per heavy atom. The molecule has 2 aromatic rings. The van der Waals surface area contributed by atoms with Crippen molar-refractivity contribution in [2.45, 2.75) is 38.9 Å². The quantitative estimate of drug-likeness (QED) is 0.706. The van der Waals surface area contributed by atoms with Gasteiger partial charge in [0.2, 0.25) is 0 Å². The van der Waals surface area contributed by atoms with E-state index in [2.05, 4.69) is 38.1 Å². The minimum atomic E-state index is -0.686. The number of allylic oxidation sites excluding steroid dienone is 3. The Bertz CT molecular complexity index is 1040. The van der Waals surface area contributed by atoms with Crippen LogP contribution >= 0.6 is 0 Å². The summed E-state index contributed by atoms with van der Waals surface area (Å²) in [5.41, 5.74) is 4.79. The summed E-state index contributed by atoms with van der Waals surface area (Å²) in [7, 11) is 0. The van der Waals surface area contributed by atoms with E-state index in [0.29, 0.717) is 6.42 Å². The molecule has 1 N–H and O–H groups in total. The monoisotopic (exact) mass is 404 g/mol. The first-order valence-electron chi connectivity index (χ1n) is 10.2. The van der Waals surface area contributed by atoms with Gasteiger partial charge in [0, 0.05) is 11.8 Å². The van der Waals surface area contributed by atoms with Gasteiger partial charge in [-0.1, -0.05) is 68.5 Å². The van der Waals surface area contributed by atoms with Gasteiger partial charge >= 0.3 is 5.97 Å². The summed E-state index contributed by atoms with van der Waals surface area (Å²) in [5, 5.41) is 9.93. The van der Waals surface area contributed by atoms with Crippen molar-refractivity contribution < 1.29 is 19.0 Å². The van der Waals surface area contributed by atoms with Crippen LogP contribution in [0.5, 0.6) is 0 Å². The van der Waals surface area contributed by atoms with Gasteiger partial charge in [-0.25, -0.2) is 4.39 Å². The van der Waals surface area contributed by atoms with Gasteiger partial charge in [0.25, 0.3) is 0 Å². The second-order valence-electron chi connectivity index (χ2n) is 8.42. The zero-order valence-electron chi connectivity index (χ0n) is 17.1. The second-order valence-corrected chi connectivity index (χ2v) is 8.42. The largest absolute Gasteiger partial charge is 0.458 e. The number of benzene rings is 2. The molecule has 3 nitrogen and oxygen atoms in total. The average molecular weight is 404 g/mol. The van der Waals surface area contributed by atoms with Crippen LogP contribution in [-0.4, -0.2) is 23.3 Å². The van der Waals surface area contributed by atoms with Crippen LogP contribution in [0.15, 0.2) is 72.3 Å². The highest BCUT2D eigenvalue weighted by atomic mass is 19.1. The van der Waals surface area contributed by atoms with Crippen LogP contribution in [0.2, 0.25) is 0 Å². The number of aliphatic hydroxyl groups excluding tert-OH is 1. The number of fused-ring (bicyclic) bond motifs is 1. The summed E-state index contributed by atoms with van der Waals surface area (Å²) < 4.78 is 19.0. The molecule has 1 saturated heterocycles. The van der Waals surface area contributed by atoms with Gasteiger partial charge in [0.1, 0.15) is 11.9 Å². The Morgan fingerprint density at radius 1 is 1.13 bits per heavy atom. The Labute approximate surface area is 176 Å². The third-order valence-electron chi connectivity index (χ3n) is 5.67. The fraction of sp³-hybridized carbons (Fsp3) is 0.269. The number of halogens is 1. The van der Waals surface area contributed by atoms with E-state index >= 15 is 0 Å². The van der Waals surface area contributed by atoms with Crippen molar-refractivity contribution in [2.24, 2.45) is 5.41 Å². The lowest BCUT2D eigenvalue weighted by Crippen LogP contribution is -2.31. The fourth-order valence-corrected chi connectivity index (χ4v) is 4.08. The molecule has 154 valence electrons. The molecule has 0 aromatic heterocycles. The van der Waals surface area contributed by atoms with Gasteiger partial charge in [-0.3, -0.25) is 4.79 Å². The molecule has 2 aliphatic rings. The van der Waals surface area contributed by atoms with Crippen LogP contribution in [0.25, 0.3) is 11.6 Å². The summed E-state index contributed by atoms with van der Waals surface area (Å²) in [5.74, 6) is -0.666. The summed E-state index contributed by atoms with van der Waals surface area (Å²) in [6.45, 7) is 4.25. The Hall–Kier alpha value is -2.98. The first kappa shape index (κ1) is 20.3. The first-order chi connectivity index (χ1) is 14.3. The number of rotatable bonds is 3. The number of aliphatic hydroxyl groups is 1. The molecule has 1 aliphatic carbocycles. The zero-order valence-corrected chi connectivity index (χ0v) is 17.1. The third-order valence-corrected chi connectivity index (χ3v) is 5.67. The molecule has 2 unspecified atom stereocenters. The van der Waals surface area contributed by atoms with E-state index in [-0.39, 0.29) is 23.6 Å². The molecular formula is C26H25FO3. The maximum atomic E-state index is 13.6. The van der Waals surface area contributed by atoms with E-state index < -0.39 is 12.2 Å². The Balaban J connectivity index is 1.88. The summed E-state index contributed by atoms with van der Waals surface area (Å²) in [6, 6.07) is 14.7. The highest BCUT2D eigenvalue weighted by molar-refractivity contribution is 5.90. The van der Waals surface area contributed by atoms with E-state index in [1.54, 1.807) is 12.1 Å². The summed E-state index contributed by atoms with van der Waals surface area (Å²) in [4.78, 5) is 11.7. The second kappa shape index (κ2) is 8.04.